The van der Waals surface area contributed by atoms with Crippen LogP contribution in [0, 0.1) is 5.41 Å². The van der Waals surface area contributed by atoms with Crippen LogP contribution in [0.2, 0.25) is 0 Å². The standard InChI is InChI=1S/C21H40N2OS/c1-3-5-7-9-11-13-19(14-12-10-8-6-4-2)22-16-15-21(17-22)18-23(25)20(21)24/h19,25H,3-18H2,1-2H3. The highest BCUT2D eigenvalue weighted by Gasteiger charge is 2.55. The number of hydrogen-bond donors (Lipinski definition) is 1. The molecule has 0 aromatic carbocycles. The molecular weight excluding hydrogens is 328 g/mol. The second-order valence-electron chi connectivity index (χ2n) is 8.42. The van der Waals surface area contributed by atoms with Crippen LogP contribution in [0.15, 0.2) is 0 Å². The number of likely N-dealkylation sites (tertiary alicyclic amines) is 1. The molecule has 2 fully saturated rings. The van der Waals surface area contributed by atoms with Crippen molar-refractivity contribution in [3.8, 4) is 0 Å². The highest BCUT2D eigenvalue weighted by Crippen LogP contribution is 2.43. The molecule has 2 aliphatic heterocycles. The molecule has 2 saturated heterocycles. The second-order valence-corrected chi connectivity index (χ2v) is 8.91. The number of amides is 1. The van der Waals surface area contributed by atoms with E-state index in [0.29, 0.717) is 6.04 Å². The predicted molar refractivity (Wildman–Crippen MR) is 110 cm³/mol. The fraction of sp³-hybridized carbons (Fsp3) is 0.952. The first kappa shape index (κ1) is 21.1. The quantitative estimate of drug-likeness (QED) is 0.265. The predicted octanol–water partition coefficient (Wildman–Crippen LogP) is 5.46. The Hall–Kier alpha value is -0.220. The van der Waals surface area contributed by atoms with E-state index in [9.17, 15) is 4.79 Å². The lowest BCUT2D eigenvalue weighted by molar-refractivity contribution is -0.148. The van der Waals surface area contributed by atoms with Gasteiger partial charge < -0.3 is 0 Å². The van der Waals surface area contributed by atoms with Crippen LogP contribution < -0.4 is 0 Å². The maximum Gasteiger partial charge on any atom is 0.241 e. The van der Waals surface area contributed by atoms with Gasteiger partial charge in [0, 0.05) is 19.1 Å². The molecule has 1 amide bonds. The summed E-state index contributed by atoms with van der Waals surface area (Å²) < 4.78 is 1.61. The molecule has 0 N–H and O–H groups in total. The van der Waals surface area contributed by atoms with Gasteiger partial charge in [-0.1, -0.05) is 90.9 Å². The summed E-state index contributed by atoms with van der Waals surface area (Å²) in [5.41, 5.74) is -0.0789. The molecular formula is C21H40N2OS. The first-order valence-corrected chi connectivity index (χ1v) is 11.3. The number of nitrogens with zero attached hydrogens (tertiary/aromatic N) is 2. The Morgan fingerprint density at radius 2 is 1.48 bits per heavy atom. The maximum absolute atomic E-state index is 12.2. The lowest BCUT2D eigenvalue weighted by atomic mass is 9.80. The van der Waals surface area contributed by atoms with E-state index in [1.54, 1.807) is 4.31 Å². The van der Waals surface area contributed by atoms with Gasteiger partial charge >= 0.3 is 0 Å². The van der Waals surface area contributed by atoms with Gasteiger partial charge in [0.2, 0.25) is 5.91 Å². The van der Waals surface area contributed by atoms with Crippen molar-refractivity contribution in [1.82, 2.24) is 9.21 Å². The summed E-state index contributed by atoms with van der Waals surface area (Å²) in [6.07, 6.45) is 17.3. The number of carbonyl (C=O) groups excluding carboxylic acids is 1. The molecule has 2 heterocycles. The van der Waals surface area contributed by atoms with E-state index >= 15 is 0 Å². The second kappa shape index (κ2) is 10.8. The van der Waals surface area contributed by atoms with Crippen molar-refractivity contribution in [1.29, 1.82) is 0 Å². The molecule has 25 heavy (non-hydrogen) atoms. The minimum Gasteiger partial charge on any atom is -0.299 e. The van der Waals surface area contributed by atoms with Crippen LogP contribution in [0.3, 0.4) is 0 Å². The lowest BCUT2D eigenvalue weighted by Gasteiger charge is -2.43. The number of hydrogen-bond acceptors (Lipinski definition) is 3. The van der Waals surface area contributed by atoms with Crippen LogP contribution in [0.1, 0.15) is 97.3 Å². The van der Waals surface area contributed by atoms with Gasteiger partial charge in [0.15, 0.2) is 0 Å². The van der Waals surface area contributed by atoms with Crippen LogP contribution in [0.25, 0.3) is 0 Å². The van der Waals surface area contributed by atoms with Crippen molar-refractivity contribution < 1.29 is 4.79 Å². The van der Waals surface area contributed by atoms with E-state index in [4.69, 9.17) is 0 Å². The Morgan fingerprint density at radius 3 is 1.96 bits per heavy atom. The van der Waals surface area contributed by atoms with Crippen molar-refractivity contribution in [2.24, 2.45) is 5.41 Å². The molecule has 0 aromatic rings. The third-order valence-corrected chi connectivity index (χ3v) is 6.65. The summed E-state index contributed by atoms with van der Waals surface area (Å²) in [5.74, 6) is 0.267. The van der Waals surface area contributed by atoms with Crippen LogP contribution in [0.5, 0.6) is 0 Å². The Kier molecular flexibility index (Phi) is 9.12. The fourth-order valence-corrected chi connectivity index (χ4v) is 5.09. The molecule has 3 nitrogen and oxygen atoms in total. The molecule has 0 aliphatic carbocycles. The highest BCUT2D eigenvalue weighted by molar-refractivity contribution is 7.78. The van der Waals surface area contributed by atoms with Crippen molar-refractivity contribution in [2.75, 3.05) is 19.6 Å². The van der Waals surface area contributed by atoms with E-state index in [2.05, 4.69) is 31.6 Å². The smallest absolute Gasteiger partial charge is 0.241 e. The first-order valence-electron chi connectivity index (χ1n) is 10.9. The average molecular weight is 369 g/mol. The number of rotatable bonds is 13. The SMILES string of the molecule is CCCCCCCC(CCCCCCC)N1CCC2(CN(S)C2=O)C1. The minimum absolute atomic E-state index is 0.0789. The minimum atomic E-state index is -0.0789. The molecule has 4 heteroatoms. The Morgan fingerprint density at radius 1 is 0.920 bits per heavy atom. The molecule has 1 spiro atoms. The normalized spacial score (nSPS) is 23.8. The summed E-state index contributed by atoms with van der Waals surface area (Å²) >= 11 is 4.25. The third-order valence-electron chi connectivity index (χ3n) is 6.32. The average Bonchev–Trinajstić information content (AvgIpc) is 3.06. The molecule has 0 aromatic heterocycles. The zero-order valence-corrected chi connectivity index (χ0v) is 17.5. The molecule has 2 rings (SSSR count). The van der Waals surface area contributed by atoms with Crippen molar-refractivity contribution in [2.45, 2.75) is 103 Å². The number of thiol groups is 1. The summed E-state index contributed by atoms with van der Waals surface area (Å²) in [4.78, 5) is 14.9. The van der Waals surface area contributed by atoms with Gasteiger partial charge in [0.1, 0.15) is 0 Å². The number of carbonyl (C=O) groups is 1. The van der Waals surface area contributed by atoms with Crippen LogP contribution >= 0.6 is 12.8 Å². The van der Waals surface area contributed by atoms with Crippen LogP contribution in [0.4, 0.5) is 0 Å². The van der Waals surface area contributed by atoms with Gasteiger partial charge in [-0.2, -0.15) is 0 Å². The van der Waals surface area contributed by atoms with Crippen molar-refractivity contribution in [3.05, 3.63) is 0 Å². The Balaban J connectivity index is 1.78. The van der Waals surface area contributed by atoms with Crippen LogP contribution in [-0.4, -0.2) is 40.8 Å². The lowest BCUT2D eigenvalue weighted by Crippen LogP contribution is -2.58. The van der Waals surface area contributed by atoms with Crippen molar-refractivity contribution in [3.63, 3.8) is 0 Å². The monoisotopic (exact) mass is 368 g/mol. The van der Waals surface area contributed by atoms with E-state index in [0.717, 1.165) is 26.1 Å². The van der Waals surface area contributed by atoms with E-state index in [-0.39, 0.29) is 11.3 Å². The molecule has 2 aliphatic rings. The van der Waals surface area contributed by atoms with E-state index in [1.165, 1.54) is 77.0 Å². The summed E-state index contributed by atoms with van der Waals surface area (Å²) in [6, 6.07) is 0.699. The Labute approximate surface area is 161 Å². The fourth-order valence-electron chi connectivity index (χ4n) is 4.60. The van der Waals surface area contributed by atoms with Crippen LogP contribution in [-0.2, 0) is 4.79 Å². The molecule has 1 atom stereocenters. The zero-order valence-electron chi connectivity index (χ0n) is 16.6. The summed E-state index contributed by atoms with van der Waals surface area (Å²) in [7, 11) is 0. The maximum atomic E-state index is 12.2. The van der Waals surface area contributed by atoms with E-state index < -0.39 is 0 Å². The third kappa shape index (κ3) is 5.89. The Bertz CT molecular complexity index is 389. The van der Waals surface area contributed by atoms with Gasteiger partial charge in [0.25, 0.3) is 0 Å². The van der Waals surface area contributed by atoms with Gasteiger partial charge in [-0.05, 0) is 25.8 Å². The molecule has 0 bridgehead atoms. The van der Waals surface area contributed by atoms with Crippen molar-refractivity contribution >= 4 is 18.7 Å². The first-order chi connectivity index (χ1) is 12.1. The topological polar surface area (TPSA) is 23.6 Å². The number of unbranched alkanes of at least 4 members (excludes halogenated alkanes) is 8. The van der Waals surface area contributed by atoms with Gasteiger partial charge in [-0.15, -0.1) is 0 Å². The van der Waals surface area contributed by atoms with E-state index in [1.807, 2.05) is 0 Å². The summed E-state index contributed by atoms with van der Waals surface area (Å²) in [6.45, 7) is 7.51. The molecule has 0 saturated carbocycles. The van der Waals surface area contributed by atoms with Gasteiger partial charge in [-0.3, -0.25) is 14.0 Å². The summed E-state index contributed by atoms with van der Waals surface area (Å²) in [5, 5.41) is 0. The van der Waals surface area contributed by atoms with Gasteiger partial charge in [0.05, 0.1) is 5.41 Å². The molecule has 146 valence electrons. The number of β-lactam (4-membered cyclic amide) rings is 1. The highest BCUT2D eigenvalue weighted by atomic mass is 32.1. The molecule has 1 unspecified atom stereocenters. The largest absolute Gasteiger partial charge is 0.299 e. The zero-order chi connectivity index (χ0) is 18.1. The van der Waals surface area contributed by atoms with Gasteiger partial charge in [-0.25, -0.2) is 0 Å². The molecule has 0 radical (unpaired) electrons.